The first-order valence-corrected chi connectivity index (χ1v) is 52.1. The van der Waals surface area contributed by atoms with Gasteiger partial charge in [0.25, 0.3) is 0 Å². The van der Waals surface area contributed by atoms with Crippen molar-refractivity contribution in [3.8, 4) is 167 Å². The van der Waals surface area contributed by atoms with E-state index in [0.29, 0.717) is 0 Å². The highest BCUT2D eigenvalue weighted by Crippen LogP contribution is 2.58. The Morgan fingerprint density at radius 1 is 0.0940 bits per heavy atom. The van der Waals surface area contributed by atoms with Crippen LogP contribution in [0.3, 0.4) is 0 Å². The molecule has 0 radical (unpaired) electrons. The lowest BCUT2D eigenvalue weighted by Crippen LogP contribution is -1.93. The van der Waals surface area contributed by atoms with Crippen LogP contribution >= 0.6 is 0 Å². The monoisotopic (exact) mass is 1880 g/mol. The highest BCUT2D eigenvalue weighted by molar-refractivity contribution is 6.32. The van der Waals surface area contributed by atoms with Crippen molar-refractivity contribution in [2.75, 3.05) is 0 Å². The fourth-order valence-electron chi connectivity index (χ4n) is 26.2. The number of benzene rings is 29. The third-order valence-corrected chi connectivity index (χ3v) is 32.8. The van der Waals surface area contributed by atoms with Crippen LogP contribution in [0.25, 0.3) is 318 Å². The largest absolute Gasteiger partial charge is 0.0616 e. The molecule has 0 aliphatic heterocycles. The quantitative estimate of drug-likeness (QED) is 0.0998. The fourth-order valence-corrected chi connectivity index (χ4v) is 26.2. The van der Waals surface area contributed by atoms with E-state index in [4.69, 9.17) is 0 Å². The summed E-state index contributed by atoms with van der Waals surface area (Å²) in [6, 6.07) is 192. The normalized spacial score (nSPS) is 12.0. The Bertz CT molecular complexity index is 10700. The maximum atomic E-state index is 2.40. The van der Waals surface area contributed by atoms with Crippen LogP contribution in [-0.2, 0) is 0 Å². The lowest BCUT2D eigenvalue weighted by molar-refractivity contribution is 1.51. The van der Waals surface area contributed by atoms with E-state index in [0.717, 1.165) is 0 Å². The molecule has 0 aromatic heterocycles. The summed E-state index contributed by atoms with van der Waals surface area (Å²) in [5.74, 6) is 0. The topological polar surface area (TPSA) is 0 Å². The molecule has 32 rings (SSSR count). The summed E-state index contributed by atoms with van der Waals surface area (Å²) in [7, 11) is 0. The average Bonchev–Trinajstić information content (AvgIpc) is 1.70. The van der Waals surface area contributed by atoms with Crippen LogP contribution < -0.4 is 0 Å². The minimum atomic E-state index is 1.23. The van der Waals surface area contributed by atoms with Crippen molar-refractivity contribution < 1.29 is 0 Å². The van der Waals surface area contributed by atoms with Crippen molar-refractivity contribution >= 4 is 151 Å². The molecule has 0 fully saturated rings. The third-order valence-electron chi connectivity index (χ3n) is 32.8. The van der Waals surface area contributed by atoms with Crippen LogP contribution in [0.2, 0.25) is 0 Å². The molecule has 0 spiro atoms. The zero-order chi connectivity index (χ0) is 98.3. The number of hydrogen-bond acceptors (Lipinski definition) is 0. The highest BCUT2D eigenvalue weighted by Gasteiger charge is 2.31. The van der Waals surface area contributed by atoms with Crippen molar-refractivity contribution in [1.82, 2.24) is 0 Å². The molecule has 0 nitrogen and oxygen atoms in total. The number of aryl methyl sites for hydroxylation is 3. The van der Waals surface area contributed by atoms with E-state index in [1.807, 2.05) is 0 Å². The standard InChI is InChI=1S/C53H32.C49H32.C47H30/c1-31-20-25-48-49(30-31)50(33-23-21-32(22-24-33)34-26-27-45-37-12-4-2-10-35(37)40-17-8-16-39(34)51(40)45)42-14-6-7-15-43(42)53(48)47-29-28-46-38-13-5-3-11-36(38)41-18-9-19-44(47)52(41)46;1-31-22-27-44-46(28-31)48(33-25-23-32(24-26-33)45-29-34-12-2-4-14-36(34)38-16-6-8-18-40(38)45)42-20-10-11-21-43(42)49(44)47-30-35-13-3-5-15-37(35)39-17-7-9-19-41(39)47;1-29-17-24-43-44(27-29)45(32-21-18-31(19-22-32)34-23-20-30-9-2-3-10-33(30)28-34)38-13-6-7-14-39(38)47(43)42-26-25-41-36-12-5-4-11-35(36)37-15-8-16-40(42)46(37)41/h2-30H,1H3;2-30H,1H3;2-28H,1H3. The van der Waals surface area contributed by atoms with E-state index in [-0.39, 0.29) is 0 Å². The minimum absolute atomic E-state index is 1.23. The van der Waals surface area contributed by atoms with Gasteiger partial charge >= 0.3 is 0 Å². The highest BCUT2D eigenvalue weighted by atomic mass is 14.3. The van der Waals surface area contributed by atoms with Gasteiger partial charge in [0, 0.05) is 0 Å². The van der Waals surface area contributed by atoms with Crippen molar-refractivity contribution in [1.29, 1.82) is 0 Å². The molecule has 149 heavy (non-hydrogen) atoms. The molecule has 3 aliphatic carbocycles. The van der Waals surface area contributed by atoms with E-state index < -0.39 is 0 Å². The first-order valence-electron chi connectivity index (χ1n) is 52.1. The van der Waals surface area contributed by atoms with Crippen LogP contribution in [0.15, 0.2) is 516 Å². The smallest absolute Gasteiger partial charge is 0.00199 e. The maximum absolute atomic E-state index is 2.40. The van der Waals surface area contributed by atoms with Crippen molar-refractivity contribution in [2.24, 2.45) is 0 Å². The zero-order valence-corrected chi connectivity index (χ0v) is 82.6. The van der Waals surface area contributed by atoms with Crippen molar-refractivity contribution in [3.63, 3.8) is 0 Å². The number of fused-ring (bicyclic) bond motifs is 22. The Labute approximate surface area is 864 Å². The molecule has 0 heterocycles. The summed E-state index contributed by atoms with van der Waals surface area (Å²) in [6.45, 7) is 6.62. The summed E-state index contributed by atoms with van der Waals surface area (Å²) in [6.07, 6.45) is 0. The Hall–Kier alpha value is -19.0. The molecular weight excluding hydrogens is 1790 g/mol. The van der Waals surface area contributed by atoms with Gasteiger partial charge in [-0.2, -0.15) is 0 Å². The number of rotatable bonds is 9. The summed E-state index contributed by atoms with van der Waals surface area (Å²) in [4.78, 5) is 0. The van der Waals surface area contributed by atoms with E-state index in [9.17, 15) is 0 Å². The second-order valence-electron chi connectivity index (χ2n) is 41.0. The summed E-state index contributed by atoms with van der Waals surface area (Å²) in [5, 5.41) is 36.3. The van der Waals surface area contributed by atoms with E-state index >= 15 is 0 Å². The maximum Gasteiger partial charge on any atom is -0.00199 e. The second kappa shape index (κ2) is 34.1. The molecule has 0 unspecified atom stereocenters. The molecule has 0 saturated carbocycles. The predicted molar refractivity (Wildman–Crippen MR) is 641 cm³/mol. The van der Waals surface area contributed by atoms with Crippen LogP contribution in [0.4, 0.5) is 0 Å². The van der Waals surface area contributed by atoms with Gasteiger partial charge in [-0.3, -0.25) is 0 Å². The van der Waals surface area contributed by atoms with Crippen LogP contribution in [-0.4, -0.2) is 0 Å². The molecule has 0 heteroatoms. The molecule has 0 bridgehead atoms. The zero-order valence-electron chi connectivity index (χ0n) is 82.6. The molecule has 0 atom stereocenters. The van der Waals surface area contributed by atoms with E-state index in [1.165, 1.54) is 334 Å². The molecule has 0 N–H and O–H groups in total. The van der Waals surface area contributed by atoms with Gasteiger partial charge < -0.3 is 0 Å². The first kappa shape index (κ1) is 85.6. The van der Waals surface area contributed by atoms with Gasteiger partial charge in [-0.05, 0) is 357 Å². The first-order chi connectivity index (χ1) is 73.7. The van der Waals surface area contributed by atoms with Crippen LogP contribution in [0.5, 0.6) is 0 Å². The van der Waals surface area contributed by atoms with E-state index in [1.54, 1.807) is 0 Å². The van der Waals surface area contributed by atoms with Crippen molar-refractivity contribution in [2.45, 2.75) is 20.8 Å². The second-order valence-corrected chi connectivity index (χ2v) is 41.0. The summed E-state index contributed by atoms with van der Waals surface area (Å²) in [5.41, 5.74) is 42.7. The lowest BCUT2D eigenvalue weighted by Gasteiger charge is -2.20. The Balaban J connectivity index is 0.000000103. The lowest BCUT2D eigenvalue weighted by atomic mass is 9.83. The van der Waals surface area contributed by atoms with Gasteiger partial charge in [0.15, 0.2) is 0 Å². The average molecular weight is 1880 g/mol. The van der Waals surface area contributed by atoms with E-state index in [2.05, 4.69) is 536 Å². The predicted octanol–water partition coefficient (Wildman–Crippen LogP) is 42.1. The van der Waals surface area contributed by atoms with Crippen LogP contribution in [0.1, 0.15) is 16.7 Å². The van der Waals surface area contributed by atoms with Gasteiger partial charge in [0.05, 0.1) is 0 Å². The minimum Gasteiger partial charge on any atom is -0.0616 e. The molecule has 3 aliphatic rings. The summed E-state index contributed by atoms with van der Waals surface area (Å²) < 4.78 is 0. The fraction of sp³-hybridized carbons (Fsp3) is 0.0201. The van der Waals surface area contributed by atoms with Crippen LogP contribution in [0, 0.1) is 20.8 Å². The molecule has 29 aromatic carbocycles. The van der Waals surface area contributed by atoms with Gasteiger partial charge in [-0.1, -0.05) is 514 Å². The SMILES string of the molecule is Cc1ccc2c(-c3cc4ccccc4c4ccccc34)c3ccccc3c(-c3ccc(-c4cc5ccccc5c5ccccc45)cc3)c2c1.Cc1ccc2c(-c3ccc4c5c(cccc35)-c3ccccc3-4)c3ccccc3c(-c3ccc(-c4ccc5c6c(cccc46)-c4ccccc4-5)cc3)c2c1.Cc1ccc2c(-c3ccc4c5c(cccc35)-c3ccccc3-4)c3ccccc3c(-c3ccc(-c4ccc5ccccc5c4)cc3)c2c1. The van der Waals surface area contributed by atoms with Crippen molar-refractivity contribution in [3.05, 3.63) is 532 Å². The Morgan fingerprint density at radius 2 is 0.336 bits per heavy atom. The third kappa shape index (κ3) is 13.5. The molecule has 0 saturated heterocycles. The van der Waals surface area contributed by atoms with Gasteiger partial charge in [-0.25, -0.2) is 0 Å². The Morgan fingerprint density at radius 3 is 0.725 bits per heavy atom. The Kier molecular flexibility index (Phi) is 19.6. The van der Waals surface area contributed by atoms with Gasteiger partial charge in [0.1, 0.15) is 0 Å². The summed E-state index contributed by atoms with van der Waals surface area (Å²) >= 11 is 0. The molecule has 0 amide bonds. The molecule has 29 aromatic rings. The van der Waals surface area contributed by atoms with Gasteiger partial charge in [0.2, 0.25) is 0 Å². The molecule has 690 valence electrons. The molecular formula is C149H94. The van der Waals surface area contributed by atoms with Gasteiger partial charge in [-0.15, -0.1) is 0 Å². The number of hydrogen-bond donors (Lipinski definition) is 0.